The number of thioether (sulfide) groups is 1. The van der Waals surface area contributed by atoms with Gasteiger partial charge in [0.15, 0.2) is 0 Å². The Kier molecular flexibility index (Phi) is 6.13. The molecule has 0 spiro atoms. The molecule has 3 rings (SSSR count). The summed E-state index contributed by atoms with van der Waals surface area (Å²) in [4.78, 5) is 34.5. The van der Waals surface area contributed by atoms with Crippen LogP contribution >= 0.6 is 11.8 Å². The first-order valence-electron chi connectivity index (χ1n) is 8.40. The molecule has 2 amide bonds. The van der Waals surface area contributed by atoms with Gasteiger partial charge in [-0.25, -0.2) is 0 Å². The van der Waals surface area contributed by atoms with Crippen molar-refractivity contribution in [2.24, 2.45) is 5.73 Å². The van der Waals surface area contributed by atoms with Crippen LogP contribution in [-0.2, 0) is 20.7 Å². The molecule has 2 aromatic carbocycles. The third-order valence-corrected chi connectivity index (χ3v) is 4.75. The van der Waals surface area contributed by atoms with E-state index >= 15 is 0 Å². The highest BCUT2D eigenvalue weighted by atomic mass is 32.2. The van der Waals surface area contributed by atoms with Crippen LogP contribution in [0.1, 0.15) is 11.1 Å². The molecule has 3 N–H and O–H groups in total. The maximum absolute atomic E-state index is 11.6. The van der Waals surface area contributed by atoms with E-state index in [9.17, 15) is 14.4 Å². The monoisotopic (exact) mass is 398 g/mol. The van der Waals surface area contributed by atoms with Crippen molar-refractivity contribution in [1.29, 1.82) is 0 Å². The molecule has 0 aliphatic carbocycles. The number of ether oxygens (including phenoxy) is 2. The van der Waals surface area contributed by atoms with Gasteiger partial charge < -0.3 is 15.2 Å². The van der Waals surface area contributed by atoms with Crippen LogP contribution in [0.25, 0.3) is 6.08 Å². The number of amides is 2. The summed E-state index contributed by atoms with van der Waals surface area (Å²) in [5.41, 5.74) is 7.44. The minimum atomic E-state index is -0.700. The van der Waals surface area contributed by atoms with Gasteiger partial charge in [-0.15, -0.1) is 0 Å². The van der Waals surface area contributed by atoms with E-state index in [2.05, 4.69) is 10.1 Å². The van der Waals surface area contributed by atoms with E-state index in [1.165, 1.54) is 7.11 Å². The van der Waals surface area contributed by atoms with Crippen LogP contribution in [0.2, 0.25) is 0 Å². The maximum Gasteiger partial charge on any atom is 0.322 e. The van der Waals surface area contributed by atoms with Gasteiger partial charge in [0.1, 0.15) is 17.5 Å². The Hall–Kier alpha value is -3.10. The highest BCUT2D eigenvalue weighted by Crippen LogP contribution is 2.27. The molecule has 2 aromatic rings. The zero-order chi connectivity index (χ0) is 20.1. The quantitative estimate of drug-likeness (QED) is 0.569. The van der Waals surface area contributed by atoms with Crippen LogP contribution in [0.4, 0.5) is 4.79 Å². The van der Waals surface area contributed by atoms with Crippen LogP contribution < -0.4 is 15.8 Å². The number of nitrogens with one attached hydrogen (secondary N) is 1. The Labute approximate surface area is 165 Å². The second-order valence-electron chi connectivity index (χ2n) is 6.00. The second-order valence-corrected chi connectivity index (χ2v) is 7.02. The summed E-state index contributed by atoms with van der Waals surface area (Å²) in [5, 5.41) is 1.85. The highest BCUT2D eigenvalue weighted by molar-refractivity contribution is 8.18. The summed E-state index contributed by atoms with van der Waals surface area (Å²) in [6, 6.07) is 13.7. The minimum absolute atomic E-state index is 0.361. The van der Waals surface area contributed by atoms with Gasteiger partial charge in [0, 0.05) is 0 Å². The van der Waals surface area contributed by atoms with E-state index in [-0.39, 0.29) is 11.1 Å². The van der Waals surface area contributed by atoms with Crippen molar-refractivity contribution in [3.8, 4) is 11.5 Å². The lowest BCUT2D eigenvalue weighted by atomic mass is 10.1. The molecule has 1 saturated heterocycles. The van der Waals surface area contributed by atoms with Crippen LogP contribution in [0.3, 0.4) is 0 Å². The van der Waals surface area contributed by atoms with E-state index in [0.29, 0.717) is 22.8 Å². The molecule has 0 radical (unpaired) electrons. The lowest BCUT2D eigenvalue weighted by molar-refractivity contribution is -0.142. The molecule has 7 nitrogen and oxygen atoms in total. The van der Waals surface area contributed by atoms with Crippen molar-refractivity contribution in [3.05, 3.63) is 64.6 Å². The minimum Gasteiger partial charge on any atom is -0.468 e. The molecule has 0 bridgehead atoms. The second kappa shape index (κ2) is 8.73. The number of carbonyl (C=O) groups is 3. The van der Waals surface area contributed by atoms with Crippen LogP contribution in [0, 0.1) is 0 Å². The molecule has 1 aliphatic rings. The fourth-order valence-corrected chi connectivity index (χ4v) is 3.21. The lowest BCUT2D eigenvalue weighted by Crippen LogP contribution is -2.33. The Morgan fingerprint density at radius 1 is 1.11 bits per heavy atom. The van der Waals surface area contributed by atoms with Gasteiger partial charge in [-0.05, 0) is 59.7 Å². The summed E-state index contributed by atoms with van der Waals surface area (Å²) in [6.45, 7) is 0. The first-order valence-corrected chi connectivity index (χ1v) is 9.21. The van der Waals surface area contributed by atoms with Crippen molar-refractivity contribution in [1.82, 2.24) is 5.32 Å². The summed E-state index contributed by atoms with van der Waals surface area (Å²) < 4.78 is 10.4. The molecule has 1 fully saturated rings. The number of benzene rings is 2. The van der Waals surface area contributed by atoms with Crippen molar-refractivity contribution in [3.63, 3.8) is 0 Å². The van der Waals surface area contributed by atoms with E-state index in [0.717, 1.165) is 22.9 Å². The Morgan fingerprint density at radius 3 is 2.25 bits per heavy atom. The SMILES string of the molecule is COC(=O)[C@@H](N)Cc1ccc(Oc2ccc(C=C3SC(=O)NC3=O)cc2)cc1. The number of hydrogen-bond donors (Lipinski definition) is 2. The molecule has 28 heavy (non-hydrogen) atoms. The molecule has 1 aliphatic heterocycles. The van der Waals surface area contributed by atoms with Crippen LogP contribution in [-0.4, -0.2) is 30.3 Å². The molecule has 1 heterocycles. The summed E-state index contributed by atoms with van der Waals surface area (Å²) >= 11 is 0.876. The number of esters is 1. The molecular formula is C20H18N2O5S. The summed E-state index contributed by atoms with van der Waals surface area (Å²) in [7, 11) is 1.31. The molecule has 144 valence electrons. The van der Waals surface area contributed by atoms with E-state index in [1.807, 2.05) is 12.1 Å². The van der Waals surface area contributed by atoms with E-state index < -0.39 is 12.0 Å². The highest BCUT2D eigenvalue weighted by Gasteiger charge is 2.24. The van der Waals surface area contributed by atoms with Crippen molar-refractivity contribution in [2.45, 2.75) is 12.5 Å². The van der Waals surface area contributed by atoms with Crippen LogP contribution in [0.15, 0.2) is 53.4 Å². The largest absolute Gasteiger partial charge is 0.468 e. The van der Waals surface area contributed by atoms with Gasteiger partial charge in [0.2, 0.25) is 0 Å². The van der Waals surface area contributed by atoms with Gasteiger partial charge in [0.25, 0.3) is 11.1 Å². The number of methoxy groups -OCH3 is 1. The Balaban J connectivity index is 1.61. The fourth-order valence-electron chi connectivity index (χ4n) is 2.52. The number of imide groups is 1. The Bertz CT molecular complexity index is 923. The van der Waals surface area contributed by atoms with Crippen molar-refractivity contribution in [2.75, 3.05) is 7.11 Å². The molecule has 0 aromatic heterocycles. The van der Waals surface area contributed by atoms with Gasteiger partial charge in [-0.1, -0.05) is 24.3 Å². The standard InChI is InChI=1S/C20H18N2O5S/c1-26-19(24)16(21)10-12-2-6-14(7-3-12)27-15-8-4-13(5-9-15)11-17-18(23)22-20(25)28-17/h2-9,11,16H,10,21H2,1H3,(H,22,23,25)/t16-/m0/s1. The van der Waals surface area contributed by atoms with Gasteiger partial charge in [-0.3, -0.25) is 19.7 Å². The zero-order valence-electron chi connectivity index (χ0n) is 15.0. The number of hydrogen-bond acceptors (Lipinski definition) is 7. The van der Waals surface area contributed by atoms with Crippen molar-refractivity contribution < 1.29 is 23.9 Å². The molecule has 8 heteroatoms. The summed E-state index contributed by atoms with van der Waals surface area (Å²) in [5.74, 6) is 0.425. The number of carbonyl (C=O) groups excluding carboxylic acids is 3. The third-order valence-electron chi connectivity index (χ3n) is 3.94. The van der Waals surface area contributed by atoms with Crippen molar-refractivity contribution >= 4 is 35.0 Å². The predicted molar refractivity (Wildman–Crippen MR) is 106 cm³/mol. The molecule has 0 saturated carbocycles. The first-order chi connectivity index (χ1) is 13.4. The average molecular weight is 398 g/mol. The maximum atomic E-state index is 11.6. The summed E-state index contributed by atoms with van der Waals surface area (Å²) in [6.07, 6.45) is 2.03. The Morgan fingerprint density at radius 2 is 1.71 bits per heavy atom. The third kappa shape index (κ3) is 4.99. The smallest absolute Gasteiger partial charge is 0.322 e. The van der Waals surface area contributed by atoms with Gasteiger partial charge in [-0.2, -0.15) is 0 Å². The zero-order valence-corrected chi connectivity index (χ0v) is 15.8. The topological polar surface area (TPSA) is 108 Å². The molecule has 1 atom stereocenters. The first kappa shape index (κ1) is 19.7. The number of rotatable bonds is 6. The molecule has 0 unspecified atom stereocenters. The number of nitrogens with two attached hydrogens (primary N) is 1. The lowest BCUT2D eigenvalue weighted by Gasteiger charge is -2.10. The normalized spacial score (nSPS) is 16.0. The predicted octanol–water partition coefficient (Wildman–Crippen LogP) is 2.85. The molecular weight excluding hydrogens is 380 g/mol. The van der Waals surface area contributed by atoms with Crippen LogP contribution in [0.5, 0.6) is 11.5 Å². The fraction of sp³-hybridized carbons (Fsp3) is 0.150. The van der Waals surface area contributed by atoms with E-state index in [1.54, 1.807) is 42.5 Å². The average Bonchev–Trinajstić information content (AvgIpc) is 3.01. The van der Waals surface area contributed by atoms with Gasteiger partial charge >= 0.3 is 5.97 Å². The van der Waals surface area contributed by atoms with Gasteiger partial charge in [0.05, 0.1) is 12.0 Å². The van der Waals surface area contributed by atoms with E-state index in [4.69, 9.17) is 10.5 Å².